The lowest BCUT2D eigenvalue weighted by Crippen LogP contribution is -1.94. The van der Waals surface area contributed by atoms with Gasteiger partial charge in [-0.25, -0.2) is 0 Å². The Morgan fingerprint density at radius 1 is 1.00 bits per heavy atom. The molecule has 0 aromatic heterocycles. The maximum atomic E-state index is 11.4. The largest absolute Gasteiger partial charge is 0.293 e. The number of carbonyl (C=O) groups is 1. The van der Waals surface area contributed by atoms with Crippen LogP contribution in [0.2, 0.25) is 0 Å². The van der Waals surface area contributed by atoms with E-state index in [1.807, 2.05) is 36.4 Å². The zero-order valence-corrected chi connectivity index (χ0v) is 8.26. The minimum atomic E-state index is -0.156. The van der Waals surface area contributed by atoms with E-state index >= 15 is 0 Å². The van der Waals surface area contributed by atoms with Gasteiger partial charge < -0.3 is 0 Å². The quantitative estimate of drug-likeness (QED) is 0.684. The molecular weight excluding hydrogens is 186 g/mol. The van der Waals surface area contributed by atoms with Gasteiger partial charge in [-0.2, -0.15) is 5.26 Å². The van der Waals surface area contributed by atoms with E-state index in [0.29, 0.717) is 5.56 Å². The minimum absolute atomic E-state index is 0.0798. The molecule has 0 fully saturated rings. The Morgan fingerprint density at radius 2 is 1.47 bits per heavy atom. The van der Waals surface area contributed by atoms with Gasteiger partial charge in [0, 0.05) is 5.56 Å². The molecule has 0 saturated carbocycles. The molecule has 0 amide bonds. The second kappa shape index (κ2) is 6.33. The first-order chi connectivity index (χ1) is 7.34. The summed E-state index contributed by atoms with van der Waals surface area (Å²) in [7, 11) is 0. The van der Waals surface area contributed by atoms with Crippen LogP contribution < -0.4 is 0 Å². The number of nitriles is 1. The van der Waals surface area contributed by atoms with Crippen LogP contribution in [-0.2, 0) is 0 Å². The lowest BCUT2D eigenvalue weighted by Gasteiger charge is -1.90. The molecule has 2 heteroatoms. The Balaban J connectivity index is 3.10. The molecule has 0 radical (unpaired) electrons. The Hall–Kier alpha value is -2.14. The summed E-state index contributed by atoms with van der Waals surface area (Å²) < 4.78 is 0. The van der Waals surface area contributed by atoms with E-state index in [1.165, 1.54) is 0 Å². The maximum Gasteiger partial charge on any atom is 0.176 e. The number of nitrogens with zero attached hydrogens (tertiary/aromatic N) is 1. The first-order valence-corrected chi connectivity index (χ1v) is 4.63. The monoisotopic (exact) mass is 197 g/mol. The summed E-state index contributed by atoms with van der Waals surface area (Å²) in [6.07, 6.45) is -0.0798. The second-order valence-electron chi connectivity index (χ2n) is 2.89. The Kier molecular flexibility index (Phi) is 4.62. The van der Waals surface area contributed by atoms with E-state index in [1.54, 1.807) is 24.3 Å². The summed E-state index contributed by atoms with van der Waals surface area (Å²) in [5.41, 5.74) is 0.549. The van der Waals surface area contributed by atoms with E-state index in [9.17, 15) is 4.79 Å². The third kappa shape index (κ3) is 4.06. The van der Waals surface area contributed by atoms with Crippen LogP contribution in [0.25, 0.3) is 0 Å². The highest BCUT2D eigenvalue weighted by Crippen LogP contribution is 1.99. The lowest BCUT2D eigenvalue weighted by atomic mass is 10.1. The highest BCUT2D eigenvalue weighted by molar-refractivity contribution is 5.97. The van der Waals surface area contributed by atoms with Gasteiger partial charge in [0.25, 0.3) is 0 Å². The van der Waals surface area contributed by atoms with Crippen molar-refractivity contribution in [2.45, 2.75) is 6.42 Å². The molecule has 0 aliphatic carbocycles. The third-order valence-corrected chi connectivity index (χ3v) is 1.78. The molecule has 0 spiro atoms. The van der Waals surface area contributed by atoms with Crippen LogP contribution in [0.5, 0.6) is 0 Å². The van der Waals surface area contributed by atoms with Crippen molar-refractivity contribution >= 4 is 5.78 Å². The summed E-state index contributed by atoms with van der Waals surface area (Å²) in [5.74, 6) is -0.156. The van der Waals surface area contributed by atoms with Gasteiger partial charge in [0.1, 0.15) is 0 Å². The van der Waals surface area contributed by atoms with Crippen molar-refractivity contribution in [2.75, 3.05) is 0 Å². The Labute approximate surface area is 89.1 Å². The molecule has 1 aromatic carbocycles. The predicted molar refractivity (Wildman–Crippen MR) is 58.6 cm³/mol. The van der Waals surface area contributed by atoms with E-state index < -0.39 is 0 Å². The molecule has 1 aromatic rings. The Bertz CT molecular complexity index is 406. The van der Waals surface area contributed by atoms with Gasteiger partial charge in [-0.15, -0.1) is 0 Å². The molecule has 0 N–H and O–H groups in total. The van der Waals surface area contributed by atoms with Gasteiger partial charge in [0.15, 0.2) is 5.78 Å². The second-order valence-corrected chi connectivity index (χ2v) is 2.89. The fourth-order valence-corrected chi connectivity index (χ4v) is 1.05. The molecular formula is C13H11NO. The highest BCUT2D eigenvalue weighted by atomic mass is 16.1. The molecule has 15 heavy (non-hydrogen) atoms. The molecule has 0 aliphatic rings. The van der Waals surface area contributed by atoms with Gasteiger partial charge in [0.05, 0.1) is 12.5 Å². The van der Waals surface area contributed by atoms with Crippen LogP contribution in [0, 0.1) is 11.3 Å². The van der Waals surface area contributed by atoms with E-state index in [-0.39, 0.29) is 12.2 Å². The van der Waals surface area contributed by atoms with Crippen molar-refractivity contribution in [1.82, 2.24) is 0 Å². The zero-order chi connectivity index (χ0) is 10.9. The van der Waals surface area contributed by atoms with E-state index in [0.717, 1.165) is 0 Å². The maximum absolute atomic E-state index is 11.4. The average Bonchev–Trinajstić information content (AvgIpc) is 2.26. The summed E-state index contributed by atoms with van der Waals surface area (Å²) in [6, 6.07) is 18.1. The van der Waals surface area contributed by atoms with Gasteiger partial charge in [0.2, 0.25) is 0 Å². The number of ketones is 1. The summed E-state index contributed by atoms with van der Waals surface area (Å²) in [6.45, 7) is 0. The van der Waals surface area contributed by atoms with Crippen LogP contribution in [0.4, 0.5) is 0 Å². The fourth-order valence-electron chi connectivity index (χ4n) is 1.05. The first kappa shape index (κ1) is 10.9. The van der Waals surface area contributed by atoms with Crippen LogP contribution in [0.3, 0.4) is 0 Å². The highest BCUT2D eigenvalue weighted by Gasteiger charge is 2.00. The molecule has 0 atom stereocenters. The average molecular weight is 197 g/mol. The number of Topliss-reactive ketones (excluding diaryl/α,β-unsaturated/α-hetero) is 1. The van der Waals surface area contributed by atoms with Gasteiger partial charge in [-0.3, -0.25) is 4.79 Å². The summed E-state index contributed by atoms with van der Waals surface area (Å²) in [4.78, 5) is 11.4. The van der Waals surface area contributed by atoms with E-state index in [4.69, 9.17) is 5.26 Å². The van der Waals surface area contributed by atoms with Crippen molar-refractivity contribution in [3.8, 4) is 6.07 Å². The molecule has 0 saturated heterocycles. The number of rotatable bonds is 2. The van der Waals surface area contributed by atoms with Crippen LogP contribution in [0.1, 0.15) is 16.8 Å². The predicted octanol–water partition coefficient (Wildman–Crippen LogP) is 2.91. The Morgan fingerprint density at radius 3 is 1.93 bits per heavy atom. The molecule has 2 nitrogen and oxygen atoms in total. The molecule has 1 rings (SSSR count). The SMILES string of the molecule is N#CCC(=O)c1ccccccccc1. The summed E-state index contributed by atoms with van der Waals surface area (Å²) in [5, 5.41) is 8.43. The van der Waals surface area contributed by atoms with Gasteiger partial charge >= 0.3 is 0 Å². The van der Waals surface area contributed by atoms with Crippen LogP contribution >= 0.6 is 0 Å². The zero-order valence-electron chi connectivity index (χ0n) is 8.26. The van der Waals surface area contributed by atoms with Gasteiger partial charge in [-0.1, -0.05) is 54.6 Å². The lowest BCUT2D eigenvalue weighted by molar-refractivity contribution is 0.0998. The van der Waals surface area contributed by atoms with Crippen LogP contribution in [-0.4, -0.2) is 5.78 Å². The van der Waals surface area contributed by atoms with Crippen molar-refractivity contribution in [3.05, 3.63) is 60.2 Å². The molecule has 0 aliphatic heterocycles. The van der Waals surface area contributed by atoms with Crippen molar-refractivity contribution in [2.24, 2.45) is 0 Å². The van der Waals surface area contributed by atoms with Gasteiger partial charge in [-0.05, 0) is 0 Å². The van der Waals surface area contributed by atoms with Crippen molar-refractivity contribution in [1.29, 1.82) is 5.26 Å². The first-order valence-electron chi connectivity index (χ1n) is 4.63. The number of hydrogen-bond acceptors (Lipinski definition) is 2. The third-order valence-electron chi connectivity index (χ3n) is 1.78. The molecule has 0 unspecified atom stereocenters. The standard InChI is InChI=1S/C13H11NO/c14-11-10-13(15)12-8-6-4-2-1-3-5-7-9-12/h1-9H,10H2. The smallest absolute Gasteiger partial charge is 0.176 e. The number of hydrogen-bond donors (Lipinski definition) is 0. The minimum Gasteiger partial charge on any atom is -0.293 e. The van der Waals surface area contributed by atoms with Crippen molar-refractivity contribution < 1.29 is 4.79 Å². The molecule has 0 bridgehead atoms. The van der Waals surface area contributed by atoms with Crippen LogP contribution in [0.15, 0.2) is 54.6 Å². The number of carbonyl (C=O) groups excluding carboxylic acids is 1. The molecule has 0 heterocycles. The normalized spacial score (nSPS) is 8.47. The molecule has 74 valence electrons. The fraction of sp³-hybridized carbons (Fsp3) is 0.0769. The van der Waals surface area contributed by atoms with E-state index in [2.05, 4.69) is 0 Å². The summed E-state index contributed by atoms with van der Waals surface area (Å²) >= 11 is 0. The van der Waals surface area contributed by atoms with Crippen molar-refractivity contribution in [3.63, 3.8) is 0 Å². The topological polar surface area (TPSA) is 40.9 Å².